The Morgan fingerprint density at radius 3 is 2.78 bits per heavy atom. The lowest BCUT2D eigenvalue weighted by Crippen LogP contribution is -2.16. The van der Waals surface area contributed by atoms with Crippen LogP contribution in [0.4, 0.5) is 0 Å². The Morgan fingerprint density at radius 1 is 1.30 bits per heavy atom. The molecule has 7 heteroatoms. The second-order valence-electron chi connectivity index (χ2n) is 4.94. The van der Waals surface area contributed by atoms with Crippen LogP contribution in [0.15, 0.2) is 40.4 Å². The second-order valence-corrected chi connectivity index (χ2v) is 6.82. The fourth-order valence-electron chi connectivity index (χ4n) is 2.37. The lowest BCUT2D eigenvalue weighted by molar-refractivity contribution is 0.0992. The average molecular weight is 346 g/mol. The number of aromatic nitrogens is 3. The van der Waals surface area contributed by atoms with E-state index < -0.39 is 0 Å². The SMILES string of the molecule is CCn1ccc(C(=O)N=c2sc3cc(SC)ccc3n2CC)n1. The summed E-state index contributed by atoms with van der Waals surface area (Å²) in [6.07, 6.45) is 3.85. The first-order valence-corrected chi connectivity index (χ1v) is 9.50. The maximum absolute atomic E-state index is 12.4. The number of fused-ring (bicyclic) bond motifs is 1. The minimum atomic E-state index is -0.295. The summed E-state index contributed by atoms with van der Waals surface area (Å²) in [6.45, 7) is 5.55. The molecule has 0 aliphatic carbocycles. The lowest BCUT2D eigenvalue weighted by Gasteiger charge is -2.00. The van der Waals surface area contributed by atoms with E-state index >= 15 is 0 Å². The maximum atomic E-state index is 12.4. The molecule has 0 aliphatic rings. The highest BCUT2D eigenvalue weighted by Gasteiger charge is 2.11. The first kappa shape index (κ1) is 16.0. The highest BCUT2D eigenvalue weighted by atomic mass is 32.2. The Balaban J connectivity index is 2.08. The number of thioether (sulfide) groups is 1. The number of hydrogen-bond donors (Lipinski definition) is 0. The summed E-state index contributed by atoms with van der Waals surface area (Å²) in [5, 5.41) is 4.23. The molecule has 2 aromatic heterocycles. The van der Waals surface area contributed by atoms with Crippen molar-refractivity contribution in [2.24, 2.45) is 4.99 Å². The normalized spacial score (nSPS) is 12.2. The molecule has 0 N–H and O–H groups in total. The van der Waals surface area contributed by atoms with Gasteiger partial charge in [-0.05, 0) is 44.4 Å². The zero-order chi connectivity index (χ0) is 16.4. The number of amides is 1. The van der Waals surface area contributed by atoms with E-state index in [1.54, 1.807) is 40.0 Å². The van der Waals surface area contributed by atoms with Gasteiger partial charge in [0, 0.05) is 24.2 Å². The summed E-state index contributed by atoms with van der Waals surface area (Å²) < 4.78 is 4.94. The number of benzene rings is 1. The van der Waals surface area contributed by atoms with E-state index in [-0.39, 0.29) is 5.91 Å². The molecule has 1 aromatic carbocycles. The summed E-state index contributed by atoms with van der Waals surface area (Å²) >= 11 is 3.25. The summed E-state index contributed by atoms with van der Waals surface area (Å²) in [6, 6.07) is 8.05. The third-order valence-corrected chi connectivity index (χ3v) is 5.35. The van der Waals surface area contributed by atoms with E-state index in [1.165, 1.54) is 4.90 Å². The van der Waals surface area contributed by atoms with Crippen LogP contribution in [0, 0.1) is 0 Å². The van der Waals surface area contributed by atoms with Crippen LogP contribution >= 0.6 is 23.1 Å². The van der Waals surface area contributed by atoms with Crippen molar-refractivity contribution in [3.63, 3.8) is 0 Å². The minimum absolute atomic E-state index is 0.295. The van der Waals surface area contributed by atoms with Gasteiger partial charge in [0.1, 0.15) is 0 Å². The molecule has 0 radical (unpaired) electrons. The molecule has 1 amide bonds. The summed E-state index contributed by atoms with van der Waals surface area (Å²) in [5.41, 5.74) is 1.50. The Bertz CT molecular complexity index is 920. The van der Waals surface area contributed by atoms with Gasteiger partial charge in [0.15, 0.2) is 10.5 Å². The number of aryl methyl sites for hydroxylation is 2. The van der Waals surface area contributed by atoms with E-state index in [9.17, 15) is 4.79 Å². The molecule has 0 atom stereocenters. The van der Waals surface area contributed by atoms with Crippen LogP contribution in [0.2, 0.25) is 0 Å². The molecule has 3 rings (SSSR count). The van der Waals surface area contributed by atoms with E-state index in [4.69, 9.17) is 0 Å². The van der Waals surface area contributed by atoms with Gasteiger partial charge < -0.3 is 4.57 Å². The number of rotatable bonds is 4. The van der Waals surface area contributed by atoms with Gasteiger partial charge >= 0.3 is 0 Å². The minimum Gasteiger partial charge on any atom is -0.317 e. The third kappa shape index (κ3) is 3.11. The van der Waals surface area contributed by atoms with Crippen LogP contribution in [-0.2, 0) is 13.1 Å². The van der Waals surface area contributed by atoms with Crippen molar-refractivity contribution in [2.45, 2.75) is 31.8 Å². The van der Waals surface area contributed by atoms with Gasteiger partial charge in [-0.2, -0.15) is 10.1 Å². The van der Waals surface area contributed by atoms with Crippen molar-refractivity contribution in [1.82, 2.24) is 14.3 Å². The number of carbonyl (C=O) groups excluding carboxylic acids is 1. The molecule has 0 spiro atoms. The molecule has 0 bridgehead atoms. The largest absolute Gasteiger partial charge is 0.317 e. The number of hydrogen-bond acceptors (Lipinski definition) is 4. The molecule has 3 aromatic rings. The van der Waals surface area contributed by atoms with E-state index in [0.29, 0.717) is 5.69 Å². The molecule has 2 heterocycles. The molecule has 0 saturated heterocycles. The van der Waals surface area contributed by atoms with Crippen molar-refractivity contribution in [3.8, 4) is 0 Å². The molecule has 0 fully saturated rings. The van der Waals surface area contributed by atoms with Crippen LogP contribution in [-0.4, -0.2) is 26.5 Å². The Morgan fingerprint density at radius 2 is 2.13 bits per heavy atom. The van der Waals surface area contributed by atoms with Crippen LogP contribution in [0.5, 0.6) is 0 Å². The topological polar surface area (TPSA) is 52.2 Å². The highest BCUT2D eigenvalue weighted by molar-refractivity contribution is 7.98. The van der Waals surface area contributed by atoms with Gasteiger partial charge in [0.05, 0.1) is 10.2 Å². The summed E-state index contributed by atoms with van der Waals surface area (Å²) in [7, 11) is 0. The van der Waals surface area contributed by atoms with Gasteiger partial charge in [0.25, 0.3) is 5.91 Å². The molecule has 23 heavy (non-hydrogen) atoms. The van der Waals surface area contributed by atoms with Gasteiger partial charge in [-0.25, -0.2) is 0 Å². The predicted molar refractivity (Wildman–Crippen MR) is 95.1 cm³/mol. The predicted octanol–water partition coefficient (Wildman–Crippen LogP) is 3.40. The average Bonchev–Trinajstić information content (AvgIpc) is 3.17. The monoisotopic (exact) mass is 346 g/mol. The van der Waals surface area contributed by atoms with E-state index in [2.05, 4.69) is 46.0 Å². The molecular formula is C16H18N4OS2. The number of nitrogens with zero attached hydrogens (tertiary/aromatic N) is 4. The van der Waals surface area contributed by atoms with Crippen LogP contribution in [0.25, 0.3) is 10.2 Å². The van der Waals surface area contributed by atoms with E-state index in [0.717, 1.165) is 28.1 Å². The van der Waals surface area contributed by atoms with Gasteiger partial charge in [0.2, 0.25) is 0 Å². The van der Waals surface area contributed by atoms with Crippen molar-refractivity contribution < 1.29 is 4.79 Å². The van der Waals surface area contributed by atoms with Crippen LogP contribution < -0.4 is 4.80 Å². The first-order valence-electron chi connectivity index (χ1n) is 7.46. The lowest BCUT2D eigenvalue weighted by atomic mass is 10.3. The fourth-order valence-corrected chi connectivity index (χ4v) is 4.01. The Kier molecular flexibility index (Phi) is 4.68. The molecule has 0 aliphatic heterocycles. The molecule has 0 unspecified atom stereocenters. The van der Waals surface area contributed by atoms with Gasteiger partial charge in [-0.1, -0.05) is 11.3 Å². The molecule has 5 nitrogen and oxygen atoms in total. The highest BCUT2D eigenvalue weighted by Crippen LogP contribution is 2.24. The van der Waals surface area contributed by atoms with Gasteiger partial charge in [-0.15, -0.1) is 11.8 Å². The van der Waals surface area contributed by atoms with Crippen molar-refractivity contribution >= 4 is 39.2 Å². The number of thiazole rings is 1. The van der Waals surface area contributed by atoms with Crippen molar-refractivity contribution in [3.05, 3.63) is 41.0 Å². The van der Waals surface area contributed by atoms with Crippen molar-refractivity contribution in [1.29, 1.82) is 0 Å². The maximum Gasteiger partial charge on any atom is 0.300 e. The first-order chi connectivity index (χ1) is 11.2. The smallest absolute Gasteiger partial charge is 0.300 e. The molecule has 0 saturated carbocycles. The van der Waals surface area contributed by atoms with Crippen molar-refractivity contribution in [2.75, 3.05) is 6.26 Å². The summed E-state index contributed by atoms with van der Waals surface area (Å²) in [4.78, 5) is 18.6. The standard InChI is InChI=1S/C16H18N4OS2/c1-4-19-9-8-12(18-19)15(21)17-16-20(5-2)13-7-6-11(22-3)10-14(13)23-16/h6-10H,4-5H2,1-3H3. The second kappa shape index (κ2) is 6.72. The third-order valence-electron chi connectivity index (χ3n) is 3.59. The zero-order valence-corrected chi connectivity index (χ0v) is 14.9. The zero-order valence-electron chi connectivity index (χ0n) is 13.3. The summed E-state index contributed by atoms with van der Waals surface area (Å²) in [5.74, 6) is -0.295. The molecule has 120 valence electrons. The van der Waals surface area contributed by atoms with E-state index in [1.807, 2.05) is 6.92 Å². The quantitative estimate of drug-likeness (QED) is 0.680. The van der Waals surface area contributed by atoms with Gasteiger partial charge in [-0.3, -0.25) is 9.48 Å². The fraction of sp³-hybridized carbons (Fsp3) is 0.312. The Labute approximate surface area is 142 Å². The van der Waals surface area contributed by atoms with Crippen LogP contribution in [0.1, 0.15) is 24.3 Å². The number of carbonyl (C=O) groups is 1. The molecular weight excluding hydrogens is 328 g/mol. The van der Waals surface area contributed by atoms with Crippen LogP contribution in [0.3, 0.4) is 0 Å². The Hall–Kier alpha value is -1.86.